The summed E-state index contributed by atoms with van der Waals surface area (Å²) in [6, 6.07) is 0. The van der Waals surface area contributed by atoms with Gasteiger partial charge in [0, 0.05) is 0 Å². The van der Waals surface area contributed by atoms with E-state index in [4.69, 9.17) is 11.2 Å². The second kappa shape index (κ2) is 3.54. The number of ether oxygens (including phenoxy) is 1. The van der Waals surface area contributed by atoms with Crippen molar-refractivity contribution >= 4 is 27.3 Å². The van der Waals surface area contributed by atoms with Crippen LogP contribution in [0.25, 0.3) is 0 Å². The van der Waals surface area contributed by atoms with Gasteiger partial charge in [0.15, 0.2) is 10.5 Å². The third kappa shape index (κ3) is 1.97. The van der Waals surface area contributed by atoms with Crippen molar-refractivity contribution in [2.45, 2.75) is 0 Å². The van der Waals surface area contributed by atoms with Gasteiger partial charge in [-0.2, -0.15) is 0 Å². The number of terminal acetylenes is 1. The number of aromatic nitrogens is 2. The summed E-state index contributed by atoms with van der Waals surface area (Å²) in [7, 11) is 0. The van der Waals surface area contributed by atoms with Crippen LogP contribution in [0.4, 0.5) is 0 Å². The first-order valence-corrected chi connectivity index (χ1v) is 3.99. The topological polar surface area (TPSA) is 35.0 Å². The van der Waals surface area contributed by atoms with Crippen LogP contribution >= 0.6 is 27.3 Å². The van der Waals surface area contributed by atoms with Crippen LogP contribution in [0.2, 0.25) is 0 Å². The van der Waals surface area contributed by atoms with Gasteiger partial charge in [0.1, 0.15) is 0 Å². The lowest BCUT2D eigenvalue weighted by Crippen LogP contribution is -1.91. The van der Waals surface area contributed by atoms with Crippen molar-refractivity contribution in [3.8, 4) is 17.5 Å². The smallest absolute Gasteiger partial charge is 0.295 e. The van der Waals surface area contributed by atoms with Gasteiger partial charge in [-0.25, -0.2) is 0 Å². The van der Waals surface area contributed by atoms with Crippen LogP contribution in [0.15, 0.2) is 3.92 Å². The zero-order valence-electron chi connectivity index (χ0n) is 4.87. The van der Waals surface area contributed by atoms with Crippen LogP contribution in [0.3, 0.4) is 0 Å². The maximum atomic E-state index is 4.95. The Bertz CT molecular complexity index is 254. The second-order valence-corrected chi connectivity index (χ2v) is 3.53. The highest BCUT2D eigenvalue weighted by molar-refractivity contribution is 9.11. The Morgan fingerprint density at radius 1 is 1.70 bits per heavy atom. The molecule has 0 aliphatic heterocycles. The minimum absolute atomic E-state index is 0.238. The summed E-state index contributed by atoms with van der Waals surface area (Å²) in [6.07, 6.45) is 4.95. The van der Waals surface area contributed by atoms with Gasteiger partial charge in [0.05, 0.1) is 0 Å². The van der Waals surface area contributed by atoms with Gasteiger partial charge in [-0.15, -0.1) is 11.5 Å². The van der Waals surface area contributed by atoms with E-state index in [2.05, 4.69) is 32.0 Å². The molecule has 1 heterocycles. The lowest BCUT2D eigenvalue weighted by Gasteiger charge is -1.90. The molecule has 1 rings (SSSR count). The highest BCUT2D eigenvalue weighted by Gasteiger charge is 1.99. The SMILES string of the molecule is C#CCOc1nnc(Br)s1. The largest absolute Gasteiger partial charge is 0.456 e. The number of hydrogen-bond acceptors (Lipinski definition) is 4. The van der Waals surface area contributed by atoms with Gasteiger partial charge >= 0.3 is 0 Å². The minimum atomic E-state index is 0.238. The Hall–Kier alpha value is -0.600. The molecular weight excluding hydrogens is 216 g/mol. The molecular formula is C5H3BrN2OS. The van der Waals surface area contributed by atoms with Gasteiger partial charge in [0.2, 0.25) is 0 Å². The second-order valence-electron chi connectivity index (χ2n) is 1.31. The van der Waals surface area contributed by atoms with Crippen molar-refractivity contribution in [3.05, 3.63) is 3.92 Å². The predicted molar refractivity (Wildman–Crippen MR) is 41.9 cm³/mol. The van der Waals surface area contributed by atoms with E-state index in [1.54, 1.807) is 0 Å². The molecule has 0 amide bonds. The Morgan fingerprint density at radius 2 is 2.50 bits per heavy atom. The van der Waals surface area contributed by atoms with E-state index in [9.17, 15) is 0 Å². The minimum Gasteiger partial charge on any atom is -0.456 e. The van der Waals surface area contributed by atoms with E-state index in [1.807, 2.05) is 0 Å². The highest BCUT2D eigenvalue weighted by atomic mass is 79.9. The van der Waals surface area contributed by atoms with Gasteiger partial charge in [-0.1, -0.05) is 11.0 Å². The molecule has 0 radical (unpaired) electrons. The monoisotopic (exact) mass is 218 g/mol. The van der Waals surface area contributed by atoms with Crippen molar-refractivity contribution in [1.29, 1.82) is 0 Å². The molecule has 5 heteroatoms. The number of halogens is 1. The van der Waals surface area contributed by atoms with Gasteiger partial charge in [0.25, 0.3) is 5.19 Å². The molecule has 0 atom stereocenters. The first-order valence-electron chi connectivity index (χ1n) is 2.38. The number of hydrogen-bond donors (Lipinski definition) is 0. The molecule has 0 aliphatic rings. The summed E-state index contributed by atoms with van der Waals surface area (Å²) in [5, 5.41) is 7.81. The van der Waals surface area contributed by atoms with Gasteiger partial charge < -0.3 is 4.74 Å². The van der Waals surface area contributed by atoms with Crippen LogP contribution in [0.5, 0.6) is 5.19 Å². The van der Waals surface area contributed by atoms with Crippen molar-refractivity contribution < 1.29 is 4.74 Å². The molecule has 0 aliphatic carbocycles. The molecule has 0 unspecified atom stereocenters. The molecule has 0 bridgehead atoms. The summed E-state index contributed by atoms with van der Waals surface area (Å²) < 4.78 is 5.65. The molecule has 3 nitrogen and oxygen atoms in total. The van der Waals surface area contributed by atoms with E-state index >= 15 is 0 Å². The van der Waals surface area contributed by atoms with Crippen molar-refractivity contribution in [3.63, 3.8) is 0 Å². The van der Waals surface area contributed by atoms with Crippen molar-refractivity contribution in [2.24, 2.45) is 0 Å². The van der Waals surface area contributed by atoms with E-state index in [0.717, 1.165) is 0 Å². The quantitative estimate of drug-likeness (QED) is 0.703. The molecule has 0 fully saturated rings. The third-order valence-corrected chi connectivity index (χ3v) is 1.93. The third-order valence-electron chi connectivity index (χ3n) is 0.661. The molecule has 0 saturated heterocycles. The molecule has 52 valence electrons. The fraction of sp³-hybridized carbons (Fsp3) is 0.200. The average molecular weight is 219 g/mol. The Kier molecular flexibility index (Phi) is 2.66. The Morgan fingerprint density at radius 3 is 3.00 bits per heavy atom. The molecule has 0 saturated carbocycles. The van der Waals surface area contributed by atoms with E-state index in [1.165, 1.54) is 11.3 Å². The van der Waals surface area contributed by atoms with Crippen LogP contribution in [-0.2, 0) is 0 Å². The van der Waals surface area contributed by atoms with E-state index < -0.39 is 0 Å². The molecule has 0 spiro atoms. The molecule has 0 aromatic carbocycles. The van der Waals surface area contributed by atoms with E-state index in [-0.39, 0.29) is 6.61 Å². The molecule has 0 N–H and O–H groups in total. The first-order chi connectivity index (χ1) is 4.83. The maximum Gasteiger partial charge on any atom is 0.295 e. The van der Waals surface area contributed by atoms with Gasteiger partial charge in [-0.05, 0) is 27.3 Å². The van der Waals surface area contributed by atoms with Crippen LogP contribution in [0, 0.1) is 12.3 Å². The van der Waals surface area contributed by atoms with Gasteiger partial charge in [-0.3, -0.25) is 0 Å². The predicted octanol–water partition coefficient (Wildman–Crippen LogP) is 1.31. The molecule has 10 heavy (non-hydrogen) atoms. The summed E-state index contributed by atoms with van der Waals surface area (Å²) in [5.41, 5.74) is 0. The van der Waals surface area contributed by atoms with E-state index in [0.29, 0.717) is 9.11 Å². The number of nitrogens with zero attached hydrogens (tertiary/aromatic N) is 2. The Balaban J connectivity index is 2.52. The lowest BCUT2D eigenvalue weighted by atomic mass is 10.8. The fourth-order valence-corrected chi connectivity index (χ4v) is 1.27. The normalized spacial score (nSPS) is 8.80. The molecule has 1 aromatic rings. The summed E-state index contributed by atoms with van der Waals surface area (Å²) in [4.78, 5) is 0. The maximum absolute atomic E-state index is 4.95. The van der Waals surface area contributed by atoms with Crippen molar-refractivity contribution in [2.75, 3.05) is 6.61 Å². The Labute approximate surface area is 70.6 Å². The fourth-order valence-electron chi connectivity index (χ4n) is 0.355. The average Bonchev–Trinajstić information content (AvgIpc) is 2.31. The molecule has 1 aromatic heterocycles. The zero-order chi connectivity index (χ0) is 7.40. The summed E-state index contributed by atoms with van der Waals surface area (Å²) in [5.74, 6) is 2.33. The summed E-state index contributed by atoms with van der Waals surface area (Å²) in [6.45, 7) is 0.238. The van der Waals surface area contributed by atoms with Crippen LogP contribution < -0.4 is 4.74 Å². The van der Waals surface area contributed by atoms with Crippen LogP contribution in [-0.4, -0.2) is 16.8 Å². The highest BCUT2D eigenvalue weighted by Crippen LogP contribution is 2.21. The van der Waals surface area contributed by atoms with Crippen LogP contribution in [0.1, 0.15) is 0 Å². The standard InChI is InChI=1S/C5H3BrN2OS/c1-2-3-9-5-8-7-4(6)10-5/h1H,3H2. The first kappa shape index (κ1) is 7.51. The van der Waals surface area contributed by atoms with Crippen molar-refractivity contribution in [1.82, 2.24) is 10.2 Å². The lowest BCUT2D eigenvalue weighted by molar-refractivity contribution is 0.364. The zero-order valence-corrected chi connectivity index (χ0v) is 7.28. The number of rotatable bonds is 2. The summed E-state index contributed by atoms with van der Waals surface area (Å²) >= 11 is 4.44.